The first-order valence-electron chi connectivity index (χ1n) is 11.1. The van der Waals surface area contributed by atoms with Gasteiger partial charge >= 0.3 is 0 Å². The van der Waals surface area contributed by atoms with Gasteiger partial charge in [0.15, 0.2) is 5.96 Å². The molecule has 1 amide bonds. The summed E-state index contributed by atoms with van der Waals surface area (Å²) in [4.78, 5) is 16.6. The Kier molecular flexibility index (Phi) is 14.1. The molecule has 8 heteroatoms. The molecule has 0 spiro atoms. The molecule has 1 aromatic carbocycles. The van der Waals surface area contributed by atoms with Crippen LogP contribution in [0.15, 0.2) is 29.3 Å². The van der Waals surface area contributed by atoms with Crippen LogP contribution in [-0.2, 0) is 14.3 Å². The molecule has 0 saturated heterocycles. The predicted molar refractivity (Wildman–Crippen MR) is 126 cm³/mol. The Balaban J connectivity index is 2.58. The molecule has 0 aliphatic heterocycles. The maximum Gasteiger partial charge on any atom is 0.221 e. The van der Waals surface area contributed by atoms with Crippen LogP contribution in [0.3, 0.4) is 0 Å². The molecule has 0 radical (unpaired) electrons. The minimum Gasteiger partial charge on any atom is -0.491 e. The SMILES string of the molecule is CCC(C)NC(=O)CCNC(=NCCCOCCOC)Nc1ccc(OC(C)C)cc1. The fourth-order valence-corrected chi connectivity index (χ4v) is 2.51. The third-order valence-corrected chi connectivity index (χ3v) is 4.30. The van der Waals surface area contributed by atoms with E-state index in [2.05, 4.69) is 20.9 Å². The second-order valence-corrected chi connectivity index (χ2v) is 7.56. The molecule has 0 saturated carbocycles. The minimum atomic E-state index is 0.0305. The molecule has 1 aromatic rings. The van der Waals surface area contributed by atoms with Crippen molar-refractivity contribution in [3.63, 3.8) is 0 Å². The Morgan fingerprint density at radius 3 is 2.48 bits per heavy atom. The van der Waals surface area contributed by atoms with Crippen LogP contribution >= 0.6 is 0 Å². The van der Waals surface area contributed by atoms with Crippen LogP contribution in [0, 0.1) is 0 Å². The van der Waals surface area contributed by atoms with E-state index in [0.717, 1.165) is 24.3 Å². The van der Waals surface area contributed by atoms with Gasteiger partial charge in [-0.2, -0.15) is 0 Å². The van der Waals surface area contributed by atoms with Gasteiger partial charge in [0.1, 0.15) is 5.75 Å². The van der Waals surface area contributed by atoms with Gasteiger partial charge in [-0.3, -0.25) is 9.79 Å². The highest BCUT2D eigenvalue weighted by atomic mass is 16.5. The number of nitrogens with one attached hydrogen (secondary N) is 3. The number of ether oxygens (including phenoxy) is 3. The fraction of sp³-hybridized carbons (Fsp3) is 0.652. The number of guanidine groups is 1. The van der Waals surface area contributed by atoms with Crippen LogP contribution in [0.25, 0.3) is 0 Å². The van der Waals surface area contributed by atoms with Gasteiger partial charge in [0.05, 0.1) is 19.3 Å². The molecule has 0 aliphatic carbocycles. The van der Waals surface area contributed by atoms with E-state index >= 15 is 0 Å². The number of benzene rings is 1. The summed E-state index contributed by atoms with van der Waals surface area (Å²) < 4.78 is 16.1. The van der Waals surface area contributed by atoms with Gasteiger partial charge in [0.2, 0.25) is 5.91 Å². The summed E-state index contributed by atoms with van der Waals surface area (Å²) in [5.74, 6) is 1.48. The third kappa shape index (κ3) is 13.6. The number of anilines is 1. The molecular weight excluding hydrogens is 396 g/mol. The summed E-state index contributed by atoms with van der Waals surface area (Å²) in [5, 5.41) is 9.49. The largest absolute Gasteiger partial charge is 0.491 e. The molecule has 0 aromatic heterocycles. The summed E-state index contributed by atoms with van der Waals surface area (Å²) in [6, 6.07) is 7.91. The predicted octanol–water partition coefficient (Wildman–Crippen LogP) is 3.19. The summed E-state index contributed by atoms with van der Waals surface area (Å²) in [6.45, 7) is 10.9. The average Bonchev–Trinajstić information content (AvgIpc) is 2.73. The molecule has 0 heterocycles. The second-order valence-electron chi connectivity index (χ2n) is 7.56. The molecule has 1 atom stereocenters. The standard InChI is InChI=1S/C23H40N4O4/c1-6-19(4)26-22(28)12-14-25-23(24-13-7-15-30-17-16-29-5)27-20-8-10-21(11-9-20)31-18(2)3/h8-11,18-19H,6-7,12-17H2,1-5H3,(H,26,28)(H2,24,25,27). The molecule has 1 unspecified atom stereocenters. The van der Waals surface area contributed by atoms with E-state index in [1.165, 1.54) is 0 Å². The highest BCUT2D eigenvalue weighted by Crippen LogP contribution is 2.16. The summed E-state index contributed by atoms with van der Waals surface area (Å²) in [7, 11) is 1.65. The van der Waals surface area contributed by atoms with Crippen LogP contribution in [0.2, 0.25) is 0 Å². The Morgan fingerprint density at radius 1 is 1.10 bits per heavy atom. The Hall–Kier alpha value is -2.32. The maximum atomic E-state index is 12.0. The number of rotatable bonds is 15. The van der Waals surface area contributed by atoms with Crippen molar-refractivity contribution in [2.45, 2.75) is 59.1 Å². The number of carbonyl (C=O) groups is 1. The molecule has 0 fully saturated rings. The smallest absolute Gasteiger partial charge is 0.221 e. The van der Waals surface area contributed by atoms with Crippen LogP contribution in [0.1, 0.15) is 47.0 Å². The number of hydrogen-bond donors (Lipinski definition) is 3. The number of methoxy groups -OCH3 is 1. The maximum absolute atomic E-state index is 12.0. The van der Waals surface area contributed by atoms with E-state index < -0.39 is 0 Å². The molecule has 0 aliphatic rings. The fourth-order valence-electron chi connectivity index (χ4n) is 2.51. The van der Waals surface area contributed by atoms with Gasteiger partial charge in [0.25, 0.3) is 0 Å². The van der Waals surface area contributed by atoms with E-state index in [1.807, 2.05) is 52.0 Å². The first-order valence-corrected chi connectivity index (χ1v) is 11.1. The molecule has 176 valence electrons. The first-order chi connectivity index (χ1) is 14.9. The van der Waals surface area contributed by atoms with E-state index in [1.54, 1.807) is 7.11 Å². The third-order valence-electron chi connectivity index (χ3n) is 4.30. The normalized spacial score (nSPS) is 12.5. The highest BCUT2D eigenvalue weighted by molar-refractivity contribution is 5.93. The van der Waals surface area contributed by atoms with Crippen LogP contribution < -0.4 is 20.7 Å². The van der Waals surface area contributed by atoms with Gasteiger partial charge in [-0.15, -0.1) is 0 Å². The summed E-state index contributed by atoms with van der Waals surface area (Å²) in [5.41, 5.74) is 0.891. The van der Waals surface area contributed by atoms with E-state index in [9.17, 15) is 4.79 Å². The summed E-state index contributed by atoms with van der Waals surface area (Å²) >= 11 is 0. The highest BCUT2D eigenvalue weighted by Gasteiger charge is 2.07. The quantitative estimate of drug-likeness (QED) is 0.222. The van der Waals surface area contributed by atoms with Gasteiger partial charge in [-0.1, -0.05) is 6.92 Å². The Labute approximate surface area is 187 Å². The van der Waals surface area contributed by atoms with Crippen molar-refractivity contribution >= 4 is 17.6 Å². The number of carbonyl (C=O) groups excluding carboxylic acids is 1. The molecule has 3 N–H and O–H groups in total. The van der Waals surface area contributed by atoms with Crippen molar-refractivity contribution in [3.05, 3.63) is 24.3 Å². The number of amides is 1. The molecular formula is C23H40N4O4. The zero-order valence-electron chi connectivity index (χ0n) is 19.7. The summed E-state index contributed by atoms with van der Waals surface area (Å²) in [6.07, 6.45) is 2.22. The average molecular weight is 437 g/mol. The zero-order chi connectivity index (χ0) is 22.9. The molecule has 1 rings (SSSR count). The Bertz CT molecular complexity index is 635. The topological polar surface area (TPSA) is 93.2 Å². The van der Waals surface area contributed by atoms with Crippen molar-refractivity contribution < 1.29 is 19.0 Å². The second kappa shape index (κ2) is 16.4. The van der Waals surface area contributed by atoms with Gasteiger partial charge in [-0.25, -0.2) is 0 Å². The minimum absolute atomic E-state index is 0.0305. The monoisotopic (exact) mass is 436 g/mol. The van der Waals surface area contributed by atoms with Gasteiger partial charge in [0, 0.05) is 45.0 Å². The van der Waals surface area contributed by atoms with Crippen molar-refractivity contribution in [1.82, 2.24) is 10.6 Å². The lowest BCUT2D eigenvalue weighted by Gasteiger charge is -2.15. The van der Waals surface area contributed by atoms with E-state index in [4.69, 9.17) is 14.2 Å². The number of aliphatic imine (C=N–C) groups is 1. The van der Waals surface area contributed by atoms with E-state index in [-0.39, 0.29) is 18.1 Å². The van der Waals surface area contributed by atoms with E-state index in [0.29, 0.717) is 45.3 Å². The van der Waals surface area contributed by atoms with Crippen LogP contribution in [0.4, 0.5) is 5.69 Å². The Morgan fingerprint density at radius 2 is 1.84 bits per heavy atom. The number of nitrogens with zero attached hydrogens (tertiary/aromatic N) is 1. The lowest BCUT2D eigenvalue weighted by atomic mass is 10.2. The van der Waals surface area contributed by atoms with Crippen LogP contribution in [-0.4, -0.2) is 64.0 Å². The number of hydrogen-bond acceptors (Lipinski definition) is 5. The van der Waals surface area contributed by atoms with Crippen molar-refractivity contribution in [3.8, 4) is 5.75 Å². The van der Waals surface area contributed by atoms with Crippen LogP contribution in [0.5, 0.6) is 5.75 Å². The van der Waals surface area contributed by atoms with Gasteiger partial charge in [-0.05, 0) is 57.9 Å². The van der Waals surface area contributed by atoms with Gasteiger partial charge < -0.3 is 30.2 Å². The van der Waals surface area contributed by atoms with Crippen molar-refractivity contribution in [2.24, 2.45) is 4.99 Å². The lowest BCUT2D eigenvalue weighted by Crippen LogP contribution is -2.37. The molecule has 8 nitrogen and oxygen atoms in total. The van der Waals surface area contributed by atoms with Crippen molar-refractivity contribution in [1.29, 1.82) is 0 Å². The van der Waals surface area contributed by atoms with Crippen molar-refractivity contribution in [2.75, 3.05) is 45.3 Å². The molecule has 0 bridgehead atoms. The molecule has 31 heavy (non-hydrogen) atoms. The zero-order valence-corrected chi connectivity index (χ0v) is 19.7. The lowest BCUT2D eigenvalue weighted by molar-refractivity contribution is -0.121. The first kappa shape index (κ1) is 26.7.